The predicted octanol–water partition coefficient (Wildman–Crippen LogP) is 0.938. The molecule has 0 atom stereocenters. The number of hydrogen-bond donors (Lipinski definition) is 2. The highest BCUT2D eigenvalue weighted by molar-refractivity contribution is 8.13. The number of amidine groups is 1. The highest BCUT2D eigenvalue weighted by Crippen LogP contribution is 1.95. The molecule has 90 valence electrons. The maximum Gasteiger partial charge on any atom is 0.221 e. The van der Waals surface area contributed by atoms with E-state index in [9.17, 15) is 4.79 Å². The Hall–Kier alpha value is -1.22. The zero-order chi connectivity index (χ0) is 12.4. The maximum absolute atomic E-state index is 11.3. The fraction of sp³-hybridized carbons (Fsp3) is 0.700. The number of thioether (sulfide) groups is 1. The zero-order valence-corrected chi connectivity index (χ0v) is 10.7. The summed E-state index contributed by atoms with van der Waals surface area (Å²) in [5.41, 5.74) is 0. The lowest BCUT2D eigenvalue weighted by molar-refractivity contribution is -0.121. The van der Waals surface area contributed by atoms with Crippen LogP contribution in [0, 0.1) is 17.4 Å². The first-order chi connectivity index (χ1) is 7.60. The molecule has 6 heteroatoms. The molecular formula is C10H18N4OS. The van der Waals surface area contributed by atoms with E-state index in [2.05, 4.69) is 15.6 Å². The van der Waals surface area contributed by atoms with Crippen LogP contribution in [-0.2, 0) is 4.79 Å². The zero-order valence-electron chi connectivity index (χ0n) is 9.91. The Morgan fingerprint density at radius 1 is 1.56 bits per heavy atom. The largest absolute Gasteiger partial charge is 0.356 e. The fourth-order valence-corrected chi connectivity index (χ4v) is 1.24. The summed E-state index contributed by atoms with van der Waals surface area (Å²) >= 11 is 1.35. The second-order valence-corrected chi connectivity index (χ2v) is 4.37. The van der Waals surface area contributed by atoms with Crippen LogP contribution in [0.5, 0.6) is 0 Å². The maximum atomic E-state index is 11.3. The van der Waals surface area contributed by atoms with Gasteiger partial charge < -0.3 is 5.32 Å². The minimum Gasteiger partial charge on any atom is -0.356 e. The highest BCUT2D eigenvalue weighted by atomic mass is 32.2. The summed E-state index contributed by atoms with van der Waals surface area (Å²) in [7, 11) is 0. The van der Waals surface area contributed by atoms with E-state index in [-0.39, 0.29) is 5.91 Å². The smallest absolute Gasteiger partial charge is 0.221 e. The number of carbonyl (C=O) groups is 1. The first kappa shape index (κ1) is 14.8. The molecule has 0 aliphatic rings. The van der Waals surface area contributed by atoms with Crippen molar-refractivity contribution in [1.29, 1.82) is 5.26 Å². The molecule has 0 aromatic rings. The number of aliphatic imine (C=N–C) groups is 1. The average molecular weight is 242 g/mol. The van der Waals surface area contributed by atoms with Gasteiger partial charge in [0.25, 0.3) is 0 Å². The molecule has 2 N–H and O–H groups in total. The molecule has 0 radical (unpaired) electrons. The number of hydrogen-bond acceptors (Lipinski definition) is 4. The van der Waals surface area contributed by atoms with Crippen molar-refractivity contribution in [1.82, 2.24) is 10.6 Å². The number of nitrogens with one attached hydrogen (secondary N) is 2. The van der Waals surface area contributed by atoms with Crippen LogP contribution in [0.15, 0.2) is 4.99 Å². The molecule has 0 heterocycles. The van der Waals surface area contributed by atoms with Crippen LogP contribution < -0.4 is 10.6 Å². The molecule has 0 saturated carbocycles. The van der Waals surface area contributed by atoms with Crippen LogP contribution in [0.4, 0.5) is 0 Å². The van der Waals surface area contributed by atoms with Gasteiger partial charge in [0.2, 0.25) is 5.91 Å². The Labute approximate surface area is 101 Å². The van der Waals surface area contributed by atoms with Crippen LogP contribution in [0.2, 0.25) is 0 Å². The van der Waals surface area contributed by atoms with Gasteiger partial charge in [0, 0.05) is 13.0 Å². The second-order valence-electron chi connectivity index (χ2n) is 3.58. The summed E-state index contributed by atoms with van der Waals surface area (Å²) in [6.07, 6.45) is 3.97. The molecule has 0 rings (SSSR count). The summed E-state index contributed by atoms with van der Waals surface area (Å²) < 4.78 is 0. The number of nitriles is 1. The van der Waals surface area contributed by atoms with E-state index in [1.165, 1.54) is 11.8 Å². The monoisotopic (exact) mass is 242 g/mol. The summed E-state index contributed by atoms with van der Waals surface area (Å²) in [6.45, 7) is 5.17. The topological polar surface area (TPSA) is 77.3 Å². The number of rotatable bonds is 5. The SMILES string of the molecule is CSC(=NCCC(=O)NCC(C)C)NC#N. The lowest BCUT2D eigenvalue weighted by Gasteiger charge is -2.06. The molecule has 0 bridgehead atoms. The van der Waals surface area contributed by atoms with Gasteiger partial charge in [0.15, 0.2) is 11.4 Å². The van der Waals surface area contributed by atoms with Gasteiger partial charge in [-0.15, -0.1) is 0 Å². The van der Waals surface area contributed by atoms with Crippen molar-refractivity contribution >= 4 is 22.8 Å². The number of nitrogens with zero attached hydrogens (tertiary/aromatic N) is 2. The normalized spacial score (nSPS) is 11.1. The van der Waals surface area contributed by atoms with Crippen LogP contribution in [0.1, 0.15) is 20.3 Å². The molecule has 0 fully saturated rings. The molecule has 1 amide bonds. The van der Waals surface area contributed by atoms with E-state index in [0.29, 0.717) is 30.6 Å². The van der Waals surface area contributed by atoms with Crippen LogP contribution in [0.3, 0.4) is 0 Å². The first-order valence-electron chi connectivity index (χ1n) is 5.10. The van der Waals surface area contributed by atoms with Crippen molar-refractivity contribution in [3.63, 3.8) is 0 Å². The number of amides is 1. The quantitative estimate of drug-likeness (QED) is 0.325. The van der Waals surface area contributed by atoms with Gasteiger partial charge in [0.1, 0.15) is 0 Å². The molecule has 0 aliphatic heterocycles. The highest BCUT2D eigenvalue weighted by Gasteiger charge is 2.01. The van der Waals surface area contributed by atoms with Crippen molar-refractivity contribution in [3.05, 3.63) is 0 Å². The third-order valence-electron chi connectivity index (χ3n) is 1.66. The van der Waals surface area contributed by atoms with Crippen LogP contribution in [-0.4, -0.2) is 30.4 Å². The molecule has 0 aliphatic carbocycles. The second kappa shape index (κ2) is 9.04. The number of carbonyl (C=O) groups excluding carboxylic acids is 1. The summed E-state index contributed by atoms with van der Waals surface area (Å²) in [6, 6.07) is 0. The lowest BCUT2D eigenvalue weighted by atomic mass is 10.2. The van der Waals surface area contributed by atoms with Gasteiger partial charge in [-0.1, -0.05) is 25.6 Å². The third kappa shape index (κ3) is 8.12. The molecule has 0 aromatic heterocycles. The fourth-order valence-electron chi connectivity index (χ4n) is 0.868. The Bertz CT molecular complexity index is 283. The van der Waals surface area contributed by atoms with Crippen molar-refractivity contribution in [2.45, 2.75) is 20.3 Å². The molecule has 5 nitrogen and oxygen atoms in total. The summed E-state index contributed by atoms with van der Waals surface area (Å²) in [4.78, 5) is 15.4. The lowest BCUT2D eigenvalue weighted by Crippen LogP contribution is -2.27. The molecule has 0 saturated heterocycles. The van der Waals surface area contributed by atoms with Crippen molar-refractivity contribution in [2.75, 3.05) is 19.3 Å². The molecule has 0 unspecified atom stereocenters. The van der Waals surface area contributed by atoms with Gasteiger partial charge in [0.05, 0.1) is 6.54 Å². The van der Waals surface area contributed by atoms with E-state index in [1.807, 2.05) is 20.1 Å². The van der Waals surface area contributed by atoms with E-state index < -0.39 is 0 Å². The minimum atomic E-state index is -0.00476. The Balaban J connectivity index is 3.79. The molecule has 16 heavy (non-hydrogen) atoms. The molecular weight excluding hydrogens is 224 g/mol. The van der Waals surface area contributed by atoms with Gasteiger partial charge in [-0.05, 0) is 12.2 Å². The molecule has 0 spiro atoms. The van der Waals surface area contributed by atoms with E-state index in [1.54, 1.807) is 6.19 Å². The average Bonchev–Trinajstić information content (AvgIpc) is 2.25. The Kier molecular flexibility index (Phi) is 8.35. The van der Waals surface area contributed by atoms with Gasteiger partial charge in [-0.3, -0.25) is 15.1 Å². The van der Waals surface area contributed by atoms with Crippen molar-refractivity contribution in [3.8, 4) is 6.19 Å². The van der Waals surface area contributed by atoms with Crippen LogP contribution >= 0.6 is 11.8 Å². The predicted molar refractivity (Wildman–Crippen MR) is 67.0 cm³/mol. The van der Waals surface area contributed by atoms with Crippen LogP contribution in [0.25, 0.3) is 0 Å². The minimum absolute atomic E-state index is 0.00476. The van der Waals surface area contributed by atoms with Gasteiger partial charge in [-0.2, -0.15) is 5.26 Å². The summed E-state index contributed by atoms with van der Waals surface area (Å²) in [5.74, 6) is 0.448. The third-order valence-corrected chi connectivity index (χ3v) is 2.28. The Morgan fingerprint density at radius 3 is 2.75 bits per heavy atom. The Morgan fingerprint density at radius 2 is 2.25 bits per heavy atom. The van der Waals surface area contributed by atoms with E-state index >= 15 is 0 Å². The standard InChI is InChI=1S/C10H18N4OS/c1-8(2)6-13-9(15)4-5-12-10(16-3)14-7-11/h8H,4-6H2,1-3H3,(H,12,14)(H,13,15). The first-order valence-corrected chi connectivity index (χ1v) is 6.32. The van der Waals surface area contributed by atoms with E-state index in [0.717, 1.165) is 0 Å². The van der Waals surface area contributed by atoms with Crippen molar-refractivity contribution in [2.24, 2.45) is 10.9 Å². The van der Waals surface area contributed by atoms with E-state index in [4.69, 9.17) is 5.26 Å². The molecule has 0 aromatic carbocycles. The van der Waals surface area contributed by atoms with Gasteiger partial charge in [-0.25, -0.2) is 0 Å². The van der Waals surface area contributed by atoms with Crippen molar-refractivity contribution < 1.29 is 4.79 Å². The summed E-state index contributed by atoms with van der Waals surface area (Å²) in [5, 5.41) is 14.2. The van der Waals surface area contributed by atoms with Gasteiger partial charge >= 0.3 is 0 Å².